The maximum Gasteiger partial charge on any atom is 0.0788 e. The minimum atomic E-state index is -0.502. The van der Waals surface area contributed by atoms with Crippen LogP contribution < -0.4 is 4.90 Å². The molecule has 58 heavy (non-hydrogen) atoms. The van der Waals surface area contributed by atoms with Crippen molar-refractivity contribution >= 4 is 60.7 Å². The normalized spacial score (nSPS) is 13.3. The van der Waals surface area contributed by atoms with E-state index in [4.69, 9.17) is 0 Å². The lowest BCUT2D eigenvalue weighted by Gasteiger charge is -2.46. The summed E-state index contributed by atoms with van der Waals surface area (Å²) in [7, 11) is 0. The van der Waals surface area contributed by atoms with E-state index in [0.717, 1.165) is 17.1 Å². The number of anilines is 3. The molecule has 272 valence electrons. The van der Waals surface area contributed by atoms with E-state index < -0.39 is 5.41 Å². The molecule has 0 bridgehead atoms. The molecule has 3 heteroatoms. The highest BCUT2D eigenvalue weighted by Crippen LogP contribution is 2.57. The molecule has 11 aromatic rings. The first kappa shape index (κ1) is 32.6. The monoisotopic (exact) mass is 739 g/mol. The Labute approximate surface area is 336 Å². The summed E-state index contributed by atoms with van der Waals surface area (Å²) >= 11 is 0. The fourth-order valence-corrected chi connectivity index (χ4v) is 10.1. The summed E-state index contributed by atoms with van der Waals surface area (Å²) in [5, 5.41) is 4.98. The highest BCUT2D eigenvalue weighted by Gasteiger charge is 2.46. The van der Waals surface area contributed by atoms with E-state index in [1.165, 1.54) is 77.2 Å². The molecule has 0 aliphatic carbocycles. The van der Waals surface area contributed by atoms with Gasteiger partial charge in [-0.15, -0.1) is 0 Å². The van der Waals surface area contributed by atoms with Crippen molar-refractivity contribution in [1.82, 2.24) is 9.13 Å². The van der Waals surface area contributed by atoms with E-state index >= 15 is 0 Å². The Bertz CT molecular complexity index is 3230. The fraction of sp³-hybridized carbons (Fsp3) is 0.0182. The van der Waals surface area contributed by atoms with E-state index in [1.54, 1.807) is 0 Å². The van der Waals surface area contributed by atoms with Crippen LogP contribution in [0.3, 0.4) is 0 Å². The Kier molecular flexibility index (Phi) is 7.14. The van der Waals surface area contributed by atoms with Crippen molar-refractivity contribution in [3.8, 4) is 11.4 Å². The third-order valence-electron chi connectivity index (χ3n) is 12.4. The molecule has 0 radical (unpaired) electrons. The van der Waals surface area contributed by atoms with Crippen molar-refractivity contribution in [1.29, 1.82) is 0 Å². The minimum absolute atomic E-state index is 0.502. The van der Waals surface area contributed by atoms with Crippen LogP contribution in [0.4, 0.5) is 17.1 Å². The molecule has 0 amide bonds. The van der Waals surface area contributed by atoms with Crippen LogP contribution >= 0.6 is 0 Å². The number of rotatable bonds is 5. The number of nitrogens with zero attached hydrogens (tertiary/aromatic N) is 3. The van der Waals surface area contributed by atoms with Gasteiger partial charge in [0.15, 0.2) is 0 Å². The summed E-state index contributed by atoms with van der Waals surface area (Å²) in [6.45, 7) is 0. The topological polar surface area (TPSA) is 13.1 Å². The molecule has 0 atom stereocenters. The molecule has 3 nitrogen and oxygen atoms in total. The lowest BCUT2D eigenvalue weighted by molar-refractivity contribution is 0.731. The molecule has 1 aliphatic rings. The number of fused-ring (bicyclic) bond motifs is 9. The number of hydrogen-bond donors (Lipinski definition) is 0. The highest BCUT2D eigenvalue weighted by molar-refractivity contribution is 6.23. The second-order valence-corrected chi connectivity index (χ2v) is 15.3. The van der Waals surface area contributed by atoms with Crippen molar-refractivity contribution in [3.63, 3.8) is 0 Å². The minimum Gasteiger partial charge on any atom is -0.310 e. The maximum atomic E-state index is 2.48. The molecule has 9 aromatic carbocycles. The molecule has 0 saturated heterocycles. The molecule has 12 rings (SSSR count). The van der Waals surface area contributed by atoms with E-state index in [2.05, 4.69) is 238 Å². The van der Waals surface area contributed by atoms with Crippen molar-refractivity contribution in [2.75, 3.05) is 4.90 Å². The van der Waals surface area contributed by atoms with E-state index in [-0.39, 0.29) is 0 Å². The smallest absolute Gasteiger partial charge is 0.0788 e. The molecule has 0 spiro atoms. The zero-order valence-electron chi connectivity index (χ0n) is 31.7. The number of para-hydroxylation sites is 5. The van der Waals surface area contributed by atoms with Crippen molar-refractivity contribution in [2.45, 2.75) is 5.41 Å². The summed E-state index contributed by atoms with van der Waals surface area (Å²) in [6, 6.07) is 82.2. The first-order valence-electron chi connectivity index (χ1n) is 20.0. The van der Waals surface area contributed by atoms with Gasteiger partial charge in [-0.25, -0.2) is 0 Å². The fourth-order valence-electron chi connectivity index (χ4n) is 10.1. The van der Waals surface area contributed by atoms with Crippen LogP contribution in [0, 0.1) is 0 Å². The van der Waals surface area contributed by atoms with Gasteiger partial charge >= 0.3 is 0 Å². The van der Waals surface area contributed by atoms with Crippen LogP contribution in [-0.2, 0) is 5.41 Å². The standard InChI is InChI=1S/C55H37N3/c1-4-18-38(19-5-1)55(39-20-6-2-7-21-39)47-26-12-16-30-51(47)56(52-31-17-13-27-48(52)55)41-32-34-42(35-33-41)58-50-29-15-11-25-44(50)46-37-36-45-43-24-10-14-28-49(43)57(53(45)54(46)58)40-22-8-3-9-23-40/h1-37H. The van der Waals surface area contributed by atoms with Crippen LogP contribution in [-0.4, -0.2) is 9.13 Å². The first-order valence-corrected chi connectivity index (χ1v) is 20.0. The summed E-state index contributed by atoms with van der Waals surface area (Å²) < 4.78 is 4.92. The van der Waals surface area contributed by atoms with Gasteiger partial charge in [0, 0.05) is 38.6 Å². The van der Waals surface area contributed by atoms with Crippen LogP contribution in [0.1, 0.15) is 22.3 Å². The summed E-state index contributed by atoms with van der Waals surface area (Å²) in [4.78, 5) is 2.45. The van der Waals surface area contributed by atoms with Gasteiger partial charge in [0.2, 0.25) is 0 Å². The predicted octanol–water partition coefficient (Wildman–Crippen LogP) is 14.0. The van der Waals surface area contributed by atoms with Gasteiger partial charge in [-0.05, 0) is 82.9 Å². The molecule has 0 fully saturated rings. The molecule has 3 heterocycles. The van der Waals surface area contributed by atoms with Gasteiger partial charge < -0.3 is 14.0 Å². The zero-order valence-corrected chi connectivity index (χ0v) is 31.7. The van der Waals surface area contributed by atoms with Crippen LogP contribution in [0.25, 0.3) is 55.0 Å². The van der Waals surface area contributed by atoms with E-state index in [1.807, 2.05) is 0 Å². The van der Waals surface area contributed by atoms with Gasteiger partial charge in [0.1, 0.15) is 0 Å². The average molecular weight is 740 g/mol. The predicted molar refractivity (Wildman–Crippen MR) is 242 cm³/mol. The van der Waals surface area contributed by atoms with Crippen LogP contribution in [0.5, 0.6) is 0 Å². The lowest BCUT2D eigenvalue weighted by atomic mass is 9.62. The number of aromatic nitrogens is 2. The first-order chi connectivity index (χ1) is 28.8. The summed E-state index contributed by atoms with van der Waals surface area (Å²) in [5.41, 5.74) is 15.1. The Hall–Kier alpha value is -7.62. The Morgan fingerprint density at radius 3 is 1.16 bits per heavy atom. The van der Waals surface area contributed by atoms with Crippen molar-refractivity contribution < 1.29 is 0 Å². The van der Waals surface area contributed by atoms with E-state index in [9.17, 15) is 0 Å². The zero-order chi connectivity index (χ0) is 38.2. The maximum absolute atomic E-state index is 2.48. The Balaban J connectivity index is 1.10. The van der Waals surface area contributed by atoms with Crippen molar-refractivity contribution in [3.05, 3.63) is 247 Å². The molecule has 0 N–H and O–H groups in total. The SMILES string of the molecule is c1ccc(-n2c3ccccc3c3ccc4c5ccccc5n(-c5ccc(N6c7ccccc7C(c7ccccc7)(c7ccccc7)c7ccccc76)cc5)c4c32)cc1. The third-order valence-corrected chi connectivity index (χ3v) is 12.4. The van der Waals surface area contributed by atoms with Gasteiger partial charge in [-0.3, -0.25) is 0 Å². The van der Waals surface area contributed by atoms with E-state index in [0.29, 0.717) is 0 Å². The second-order valence-electron chi connectivity index (χ2n) is 15.3. The summed E-state index contributed by atoms with van der Waals surface area (Å²) in [6.07, 6.45) is 0. The second kappa shape index (κ2) is 12.7. The molecular formula is C55H37N3. The molecular weight excluding hydrogens is 703 g/mol. The summed E-state index contributed by atoms with van der Waals surface area (Å²) in [5.74, 6) is 0. The Morgan fingerprint density at radius 2 is 0.655 bits per heavy atom. The largest absolute Gasteiger partial charge is 0.310 e. The number of hydrogen-bond acceptors (Lipinski definition) is 1. The van der Waals surface area contributed by atoms with Crippen LogP contribution in [0.2, 0.25) is 0 Å². The van der Waals surface area contributed by atoms with Gasteiger partial charge in [-0.1, -0.05) is 164 Å². The number of benzene rings is 9. The Morgan fingerprint density at radius 1 is 0.276 bits per heavy atom. The molecule has 0 unspecified atom stereocenters. The van der Waals surface area contributed by atoms with Gasteiger partial charge in [0.05, 0.1) is 38.9 Å². The van der Waals surface area contributed by atoms with Crippen LogP contribution in [0.15, 0.2) is 224 Å². The van der Waals surface area contributed by atoms with Gasteiger partial charge in [-0.2, -0.15) is 0 Å². The quantitative estimate of drug-likeness (QED) is 0.171. The molecule has 1 aliphatic heterocycles. The molecule has 2 aromatic heterocycles. The van der Waals surface area contributed by atoms with Crippen molar-refractivity contribution in [2.24, 2.45) is 0 Å². The average Bonchev–Trinajstić information content (AvgIpc) is 3.82. The lowest BCUT2D eigenvalue weighted by Crippen LogP contribution is -2.37. The molecule has 0 saturated carbocycles. The third kappa shape index (κ3) is 4.50. The highest BCUT2D eigenvalue weighted by atomic mass is 15.2. The van der Waals surface area contributed by atoms with Gasteiger partial charge in [0.25, 0.3) is 0 Å².